The first-order valence-electron chi connectivity index (χ1n) is 16.8. The zero-order valence-corrected chi connectivity index (χ0v) is 29.2. The number of nitrogens with one attached hydrogen (secondary N) is 1. The van der Waals surface area contributed by atoms with Crippen LogP contribution in [0.1, 0.15) is 46.5 Å². The van der Waals surface area contributed by atoms with E-state index in [-0.39, 0.29) is 36.1 Å². The maximum Gasteiger partial charge on any atom is 0.416 e. The van der Waals surface area contributed by atoms with Gasteiger partial charge < -0.3 is 24.8 Å². The molecule has 0 aromatic heterocycles. The lowest BCUT2D eigenvalue weighted by Crippen LogP contribution is -2.49. The summed E-state index contributed by atoms with van der Waals surface area (Å²) in [5.41, 5.74) is -2.61. The number of amides is 2. The van der Waals surface area contributed by atoms with Gasteiger partial charge in [0.1, 0.15) is 17.6 Å². The minimum atomic E-state index is -5.02. The smallest absolute Gasteiger partial charge is 0.416 e. The van der Waals surface area contributed by atoms with Crippen molar-refractivity contribution in [2.75, 3.05) is 32.1 Å². The van der Waals surface area contributed by atoms with Crippen LogP contribution in [-0.4, -0.2) is 65.6 Å². The molecule has 0 saturated heterocycles. The summed E-state index contributed by atoms with van der Waals surface area (Å²) in [6, 6.07) is 21.6. The van der Waals surface area contributed by atoms with E-state index in [9.17, 15) is 41.0 Å². The number of fused-ring (bicyclic) bond motifs is 1. The molecule has 5 rings (SSSR count). The van der Waals surface area contributed by atoms with Gasteiger partial charge in [0, 0.05) is 25.6 Å². The molecule has 3 atom stereocenters. The highest BCUT2D eigenvalue weighted by atomic mass is 19.4. The molecule has 53 heavy (non-hydrogen) atoms. The number of alkyl halides is 6. The molecule has 4 aromatic rings. The molecule has 0 saturated carbocycles. The van der Waals surface area contributed by atoms with Crippen LogP contribution >= 0.6 is 0 Å². The number of anilines is 1. The molecule has 0 spiro atoms. The van der Waals surface area contributed by atoms with Crippen molar-refractivity contribution in [2.24, 2.45) is 5.92 Å². The lowest BCUT2D eigenvalue weighted by Gasteiger charge is -2.38. The topological polar surface area (TPSA) is 91.3 Å². The lowest BCUT2D eigenvalue weighted by atomic mass is 9.98. The Balaban J connectivity index is 1.39. The Morgan fingerprint density at radius 2 is 1.64 bits per heavy atom. The van der Waals surface area contributed by atoms with Crippen molar-refractivity contribution in [1.29, 1.82) is 0 Å². The first-order chi connectivity index (χ1) is 25.0. The Kier molecular flexibility index (Phi) is 12.0. The molecule has 0 radical (unpaired) electrons. The summed E-state index contributed by atoms with van der Waals surface area (Å²) in [5, 5.41) is 12.5. The van der Waals surface area contributed by atoms with Crippen molar-refractivity contribution in [2.45, 2.75) is 51.3 Å². The summed E-state index contributed by atoms with van der Waals surface area (Å²) in [6.07, 6.45) is -11.6. The van der Waals surface area contributed by atoms with Crippen LogP contribution in [0.4, 0.5) is 32.0 Å². The number of ether oxygens (including phenoxy) is 2. The maximum atomic E-state index is 13.8. The quantitative estimate of drug-likeness (QED) is 0.151. The van der Waals surface area contributed by atoms with Crippen LogP contribution in [0, 0.1) is 5.92 Å². The van der Waals surface area contributed by atoms with Crippen molar-refractivity contribution in [3.05, 3.63) is 119 Å². The zero-order chi connectivity index (χ0) is 38.5. The summed E-state index contributed by atoms with van der Waals surface area (Å²) in [6.45, 7) is 4.27. The number of carbonyl (C=O) groups is 2. The van der Waals surface area contributed by atoms with Gasteiger partial charge in [-0.05, 0) is 79.7 Å². The number of aliphatic hydroxyl groups excluding tert-OH is 1. The summed E-state index contributed by atoms with van der Waals surface area (Å²) in [4.78, 5) is 30.6. The van der Waals surface area contributed by atoms with E-state index < -0.39 is 59.4 Å². The van der Waals surface area contributed by atoms with Crippen molar-refractivity contribution >= 4 is 17.5 Å². The summed E-state index contributed by atoms with van der Waals surface area (Å²) in [5.74, 6) is -0.555. The molecule has 14 heteroatoms. The van der Waals surface area contributed by atoms with Crippen molar-refractivity contribution in [1.82, 2.24) is 9.80 Å². The lowest BCUT2D eigenvalue weighted by molar-refractivity contribution is -0.142. The predicted octanol–water partition coefficient (Wildman–Crippen LogP) is 8.05. The normalized spacial score (nSPS) is 17.0. The number of hydrogen-bond acceptors (Lipinski definition) is 6. The largest absolute Gasteiger partial charge is 0.486 e. The van der Waals surface area contributed by atoms with E-state index in [4.69, 9.17) is 9.47 Å². The molecule has 2 N–H and O–H groups in total. The standard InChI is InChI=1S/C39H39F6N3O5/c1-24-20-48(25(2)23-49)37(51)31-10-7-11-33(46-35(50)19-27-18-28(38(40,41)42)14-17-32(27)39(43,44)45)36(31)53-34(24)22-47(3)21-26-12-15-30(16-13-26)52-29-8-5-4-6-9-29/h4-18,24-25,34,49H,19-23H2,1-3H3,(H,46,50)/t24-,25+,34-/m1/s1. The molecule has 0 unspecified atom stereocenters. The van der Waals surface area contributed by atoms with Gasteiger partial charge in [-0.3, -0.25) is 14.5 Å². The van der Waals surface area contributed by atoms with Gasteiger partial charge in [-0.15, -0.1) is 0 Å². The molecule has 1 aliphatic heterocycles. The molecular formula is C39H39F6N3O5. The molecule has 8 nitrogen and oxygen atoms in total. The Hall–Kier alpha value is -5.08. The highest BCUT2D eigenvalue weighted by Gasteiger charge is 2.38. The van der Waals surface area contributed by atoms with Crippen molar-refractivity contribution in [3.8, 4) is 17.2 Å². The van der Waals surface area contributed by atoms with Gasteiger partial charge in [0.2, 0.25) is 5.91 Å². The number of aliphatic hydroxyl groups is 1. The van der Waals surface area contributed by atoms with Crippen LogP contribution in [-0.2, 0) is 30.1 Å². The molecule has 282 valence electrons. The van der Waals surface area contributed by atoms with Crippen LogP contribution in [0.25, 0.3) is 0 Å². The SMILES string of the molecule is C[C@@H]1CN([C@@H](C)CO)C(=O)c2cccc(NC(=O)Cc3cc(C(F)(F)F)ccc3C(F)(F)F)c2O[C@@H]1CN(C)Cc1ccc(Oc2ccccc2)cc1. The fourth-order valence-corrected chi connectivity index (χ4v) is 6.09. The number of halogens is 6. The van der Waals surface area contributed by atoms with E-state index in [0.29, 0.717) is 42.8 Å². The first-order valence-corrected chi connectivity index (χ1v) is 16.8. The number of para-hydroxylation sites is 2. The number of nitrogens with zero attached hydrogens (tertiary/aromatic N) is 2. The number of carbonyl (C=O) groups excluding carboxylic acids is 2. The highest BCUT2D eigenvalue weighted by Crippen LogP contribution is 2.38. The van der Waals surface area contributed by atoms with E-state index in [2.05, 4.69) is 5.32 Å². The molecule has 1 aliphatic rings. The second-order valence-corrected chi connectivity index (χ2v) is 13.2. The Morgan fingerprint density at radius 1 is 0.962 bits per heavy atom. The fourth-order valence-electron chi connectivity index (χ4n) is 6.09. The molecule has 1 heterocycles. The second kappa shape index (κ2) is 16.3. The summed E-state index contributed by atoms with van der Waals surface area (Å²) >= 11 is 0. The van der Waals surface area contributed by atoms with Crippen molar-refractivity contribution in [3.63, 3.8) is 0 Å². The highest BCUT2D eigenvalue weighted by molar-refractivity contribution is 6.02. The minimum absolute atomic E-state index is 0.0340. The Bertz CT molecular complexity index is 1890. The van der Waals surface area contributed by atoms with Gasteiger partial charge in [0.15, 0.2) is 5.75 Å². The van der Waals surface area contributed by atoms with E-state index in [1.807, 2.05) is 73.5 Å². The first kappa shape index (κ1) is 39.1. The number of benzene rings is 4. The number of likely N-dealkylation sites (N-methyl/N-ethyl adjacent to an activating group) is 1. The molecule has 2 amide bonds. The molecule has 0 bridgehead atoms. The summed E-state index contributed by atoms with van der Waals surface area (Å²) in [7, 11) is 1.88. The second-order valence-electron chi connectivity index (χ2n) is 13.2. The van der Waals surface area contributed by atoms with E-state index in [1.165, 1.54) is 23.1 Å². The van der Waals surface area contributed by atoms with Gasteiger partial charge in [-0.25, -0.2) is 0 Å². The van der Waals surface area contributed by atoms with Gasteiger partial charge >= 0.3 is 12.4 Å². The maximum absolute atomic E-state index is 13.8. The monoisotopic (exact) mass is 743 g/mol. The molecule has 0 fully saturated rings. The fraction of sp³-hybridized carbons (Fsp3) is 0.333. The van der Waals surface area contributed by atoms with Crippen LogP contribution in [0.5, 0.6) is 17.2 Å². The van der Waals surface area contributed by atoms with E-state index in [0.717, 1.165) is 5.56 Å². The Labute approximate surface area is 302 Å². The van der Waals surface area contributed by atoms with Crippen LogP contribution in [0.2, 0.25) is 0 Å². The van der Waals surface area contributed by atoms with E-state index in [1.54, 1.807) is 6.92 Å². The molecule has 0 aliphatic carbocycles. The molecule has 4 aromatic carbocycles. The third kappa shape index (κ3) is 9.87. The zero-order valence-electron chi connectivity index (χ0n) is 29.2. The molecular weight excluding hydrogens is 704 g/mol. The van der Waals surface area contributed by atoms with Crippen LogP contribution < -0.4 is 14.8 Å². The predicted molar refractivity (Wildman–Crippen MR) is 186 cm³/mol. The van der Waals surface area contributed by atoms with Crippen LogP contribution in [0.3, 0.4) is 0 Å². The van der Waals surface area contributed by atoms with Gasteiger partial charge in [-0.2, -0.15) is 26.3 Å². The van der Waals surface area contributed by atoms with E-state index >= 15 is 0 Å². The van der Waals surface area contributed by atoms with Gasteiger partial charge in [0.25, 0.3) is 5.91 Å². The number of hydrogen-bond donors (Lipinski definition) is 2. The van der Waals surface area contributed by atoms with Crippen LogP contribution in [0.15, 0.2) is 91.0 Å². The van der Waals surface area contributed by atoms with Crippen molar-refractivity contribution < 1.29 is 50.5 Å². The third-order valence-electron chi connectivity index (χ3n) is 8.90. The Morgan fingerprint density at radius 3 is 2.28 bits per heavy atom. The number of rotatable bonds is 11. The summed E-state index contributed by atoms with van der Waals surface area (Å²) < 4.78 is 93.8. The average molecular weight is 744 g/mol. The third-order valence-corrected chi connectivity index (χ3v) is 8.90. The van der Waals surface area contributed by atoms with Gasteiger partial charge in [0.05, 0.1) is 41.4 Å². The minimum Gasteiger partial charge on any atom is -0.486 e. The van der Waals surface area contributed by atoms with Gasteiger partial charge in [-0.1, -0.05) is 43.3 Å². The average Bonchev–Trinajstić information content (AvgIpc) is 3.10.